The first-order chi connectivity index (χ1) is 9.22. The third-order valence-electron chi connectivity index (χ3n) is 3.20. The fourth-order valence-electron chi connectivity index (χ4n) is 2.12. The summed E-state index contributed by atoms with van der Waals surface area (Å²) in [5.74, 6) is 0.133. The predicted octanol–water partition coefficient (Wildman–Crippen LogP) is 5.15. The number of aromatic nitrogens is 1. The highest BCUT2D eigenvalue weighted by Crippen LogP contribution is 2.23. The van der Waals surface area contributed by atoms with Crippen LogP contribution in [0.1, 0.15) is 49.5 Å². The lowest BCUT2D eigenvalue weighted by Crippen LogP contribution is -2.03. The summed E-state index contributed by atoms with van der Waals surface area (Å²) >= 11 is 3.46. The summed E-state index contributed by atoms with van der Waals surface area (Å²) in [6, 6.07) is 9.83. The molecule has 0 radical (unpaired) electrons. The molecule has 2 nitrogen and oxygen atoms in total. The molecule has 1 heterocycles. The highest BCUT2D eigenvalue weighted by molar-refractivity contribution is 9.10. The van der Waals surface area contributed by atoms with Crippen molar-refractivity contribution >= 4 is 32.6 Å². The van der Waals surface area contributed by atoms with E-state index in [0.717, 1.165) is 28.2 Å². The van der Waals surface area contributed by atoms with Crippen LogP contribution in [-0.2, 0) is 0 Å². The van der Waals surface area contributed by atoms with Crippen molar-refractivity contribution in [2.24, 2.45) is 0 Å². The summed E-state index contributed by atoms with van der Waals surface area (Å²) in [5, 5.41) is 1.05. The minimum Gasteiger partial charge on any atom is -0.292 e. The second-order valence-electron chi connectivity index (χ2n) is 4.75. The van der Waals surface area contributed by atoms with Crippen molar-refractivity contribution in [1.82, 2.24) is 4.98 Å². The van der Waals surface area contributed by atoms with Crippen molar-refractivity contribution in [3.05, 3.63) is 40.5 Å². The number of rotatable bonds is 6. The topological polar surface area (TPSA) is 30.0 Å². The maximum Gasteiger partial charge on any atom is 0.182 e. The highest BCUT2D eigenvalue weighted by Gasteiger charge is 2.12. The smallest absolute Gasteiger partial charge is 0.182 e. The van der Waals surface area contributed by atoms with Gasteiger partial charge in [-0.2, -0.15) is 0 Å². The van der Waals surface area contributed by atoms with E-state index in [1.54, 1.807) is 0 Å². The molecule has 0 saturated heterocycles. The summed E-state index contributed by atoms with van der Waals surface area (Å²) in [5.41, 5.74) is 1.44. The number of hydrogen-bond donors (Lipinski definition) is 0. The minimum atomic E-state index is 0.133. The van der Waals surface area contributed by atoms with Gasteiger partial charge < -0.3 is 0 Å². The molecule has 0 fully saturated rings. The molecule has 0 unspecified atom stereocenters. The van der Waals surface area contributed by atoms with Gasteiger partial charge in [0.25, 0.3) is 0 Å². The van der Waals surface area contributed by atoms with Crippen molar-refractivity contribution in [1.29, 1.82) is 0 Å². The maximum absolute atomic E-state index is 12.2. The molecule has 0 N–H and O–H groups in total. The molecule has 0 aliphatic carbocycles. The van der Waals surface area contributed by atoms with Crippen LogP contribution in [0.5, 0.6) is 0 Å². The normalized spacial score (nSPS) is 10.8. The number of carbonyl (C=O) groups is 1. The monoisotopic (exact) mass is 319 g/mol. The van der Waals surface area contributed by atoms with E-state index in [1.807, 2.05) is 30.3 Å². The number of carbonyl (C=O) groups excluding carboxylic acids is 1. The summed E-state index contributed by atoms with van der Waals surface area (Å²) in [6.45, 7) is 2.17. The Morgan fingerprint density at radius 2 is 2.00 bits per heavy atom. The molecule has 3 heteroatoms. The number of nitrogens with zero attached hydrogens (tertiary/aromatic N) is 1. The molecule has 1 aromatic heterocycles. The number of fused-ring (bicyclic) bond motifs is 1. The van der Waals surface area contributed by atoms with Gasteiger partial charge in [-0.25, -0.2) is 4.98 Å². The van der Waals surface area contributed by atoms with Gasteiger partial charge in [0.1, 0.15) is 5.69 Å². The quantitative estimate of drug-likeness (QED) is 0.544. The Kier molecular flexibility index (Phi) is 5.08. The van der Waals surface area contributed by atoms with E-state index in [0.29, 0.717) is 12.1 Å². The number of unbranched alkanes of at least 4 members (excludes halogenated alkanes) is 3. The predicted molar refractivity (Wildman–Crippen MR) is 82.5 cm³/mol. The lowest BCUT2D eigenvalue weighted by atomic mass is 10.1. The highest BCUT2D eigenvalue weighted by atomic mass is 79.9. The molecule has 0 atom stereocenters. The van der Waals surface area contributed by atoms with Crippen LogP contribution >= 0.6 is 15.9 Å². The van der Waals surface area contributed by atoms with Gasteiger partial charge in [0.15, 0.2) is 5.78 Å². The molecule has 0 saturated carbocycles. The third kappa shape index (κ3) is 3.63. The van der Waals surface area contributed by atoms with E-state index in [1.165, 1.54) is 12.8 Å². The van der Waals surface area contributed by atoms with Crippen molar-refractivity contribution in [2.75, 3.05) is 0 Å². The fraction of sp³-hybridized carbons (Fsp3) is 0.375. The first-order valence-electron chi connectivity index (χ1n) is 6.81. The number of Topliss-reactive ketones (excluding diaryl/α,β-unsaturated/α-hetero) is 1. The molecular weight excluding hydrogens is 302 g/mol. The van der Waals surface area contributed by atoms with Gasteiger partial charge in [-0.15, -0.1) is 0 Å². The lowest BCUT2D eigenvalue weighted by Gasteiger charge is -2.05. The molecule has 2 rings (SSSR count). The Morgan fingerprint density at radius 1 is 1.21 bits per heavy atom. The Balaban J connectivity index is 2.15. The zero-order chi connectivity index (χ0) is 13.7. The van der Waals surface area contributed by atoms with E-state index in [4.69, 9.17) is 0 Å². The average molecular weight is 320 g/mol. The van der Waals surface area contributed by atoms with E-state index in [-0.39, 0.29) is 5.78 Å². The molecular formula is C16H18BrNO. The van der Waals surface area contributed by atoms with E-state index in [2.05, 4.69) is 27.8 Å². The van der Waals surface area contributed by atoms with Gasteiger partial charge in [0, 0.05) is 16.3 Å². The maximum atomic E-state index is 12.2. The third-order valence-corrected chi connectivity index (χ3v) is 3.80. The molecule has 0 amide bonds. The summed E-state index contributed by atoms with van der Waals surface area (Å²) in [4.78, 5) is 16.7. The largest absolute Gasteiger partial charge is 0.292 e. The summed E-state index contributed by atoms with van der Waals surface area (Å²) in [6.07, 6.45) is 5.04. The second-order valence-corrected chi connectivity index (χ2v) is 5.60. The molecule has 0 aliphatic heterocycles. The number of benzene rings is 1. The molecule has 100 valence electrons. The van der Waals surface area contributed by atoms with Gasteiger partial charge in [-0.3, -0.25) is 4.79 Å². The SMILES string of the molecule is CCCCCCC(=O)c1nc2ccccc2cc1Br. The number of halogens is 1. The number of para-hydroxylation sites is 1. The van der Waals surface area contributed by atoms with Crippen LogP contribution in [0.4, 0.5) is 0 Å². The van der Waals surface area contributed by atoms with Crippen LogP contribution in [0.3, 0.4) is 0 Å². The molecule has 0 bridgehead atoms. The standard InChI is InChI=1S/C16H18BrNO/c1-2-3-4-5-10-15(19)16-13(17)11-12-8-6-7-9-14(12)18-16/h6-9,11H,2-5,10H2,1H3. The first-order valence-corrected chi connectivity index (χ1v) is 7.60. The zero-order valence-corrected chi connectivity index (χ0v) is 12.7. The average Bonchev–Trinajstić information content (AvgIpc) is 2.42. The summed E-state index contributed by atoms with van der Waals surface area (Å²) in [7, 11) is 0. The lowest BCUT2D eigenvalue weighted by molar-refractivity contribution is 0.0974. The fourth-order valence-corrected chi connectivity index (χ4v) is 2.67. The summed E-state index contributed by atoms with van der Waals surface area (Å²) < 4.78 is 0.798. The van der Waals surface area contributed by atoms with Crippen LogP contribution in [0, 0.1) is 0 Å². The van der Waals surface area contributed by atoms with Gasteiger partial charge in [-0.1, -0.05) is 44.4 Å². The Bertz CT molecular complexity index is 580. The van der Waals surface area contributed by atoms with E-state index >= 15 is 0 Å². The number of ketones is 1. The van der Waals surface area contributed by atoms with Crippen molar-refractivity contribution in [3.63, 3.8) is 0 Å². The Hall–Kier alpha value is -1.22. The van der Waals surface area contributed by atoms with E-state index < -0.39 is 0 Å². The van der Waals surface area contributed by atoms with Gasteiger partial charge in [-0.05, 0) is 34.5 Å². The van der Waals surface area contributed by atoms with E-state index in [9.17, 15) is 4.79 Å². The van der Waals surface area contributed by atoms with Gasteiger partial charge in [0.05, 0.1) is 5.52 Å². The van der Waals surface area contributed by atoms with Crippen molar-refractivity contribution < 1.29 is 4.79 Å². The van der Waals surface area contributed by atoms with Gasteiger partial charge >= 0.3 is 0 Å². The first kappa shape index (κ1) is 14.2. The molecule has 1 aromatic carbocycles. The molecule has 0 spiro atoms. The van der Waals surface area contributed by atoms with Gasteiger partial charge in [0.2, 0.25) is 0 Å². The minimum absolute atomic E-state index is 0.133. The Labute approximate surface area is 122 Å². The zero-order valence-electron chi connectivity index (χ0n) is 11.2. The van der Waals surface area contributed by atoms with Crippen molar-refractivity contribution in [2.45, 2.75) is 39.0 Å². The number of hydrogen-bond acceptors (Lipinski definition) is 2. The Morgan fingerprint density at radius 3 is 2.79 bits per heavy atom. The molecule has 0 aliphatic rings. The van der Waals surface area contributed by atoms with Crippen LogP contribution in [0.2, 0.25) is 0 Å². The van der Waals surface area contributed by atoms with Crippen LogP contribution in [-0.4, -0.2) is 10.8 Å². The molecule has 2 aromatic rings. The van der Waals surface area contributed by atoms with Crippen LogP contribution in [0.25, 0.3) is 10.9 Å². The molecule has 19 heavy (non-hydrogen) atoms. The van der Waals surface area contributed by atoms with Crippen LogP contribution in [0.15, 0.2) is 34.8 Å². The number of pyridine rings is 1. The van der Waals surface area contributed by atoms with Crippen LogP contribution < -0.4 is 0 Å². The van der Waals surface area contributed by atoms with Crippen molar-refractivity contribution in [3.8, 4) is 0 Å². The second kappa shape index (κ2) is 6.80.